The molecule has 0 spiro atoms. The first kappa shape index (κ1) is 12.1. The second-order valence-electron chi connectivity index (χ2n) is 4.45. The molecule has 0 bridgehead atoms. The van der Waals surface area contributed by atoms with Gasteiger partial charge in [-0.2, -0.15) is 0 Å². The highest BCUT2D eigenvalue weighted by Gasteiger charge is 2.28. The van der Waals surface area contributed by atoms with E-state index in [1.165, 1.54) is 6.39 Å². The smallest absolute Gasteiger partial charge is 0.291 e. The van der Waals surface area contributed by atoms with Crippen molar-refractivity contribution in [2.24, 2.45) is 0 Å². The number of aromatic nitrogens is 1. The zero-order valence-corrected chi connectivity index (χ0v) is 10.1. The van der Waals surface area contributed by atoms with Crippen molar-refractivity contribution in [2.45, 2.75) is 38.6 Å². The molecule has 0 aromatic carbocycles. The lowest BCUT2D eigenvalue weighted by Gasteiger charge is -2.27. The van der Waals surface area contributed by atoms with Crippen LogP contribution in [0.1, 0.15) is 41.9 Å². The number of hydrogen-bond donors (Lipinski definition) is 1. The molecule has 0 aliphatic carbocycles. The molecular formula is C12H18N2O3. The number of aryl methyl sites for hydroxylation is 1. The number of likely N-dealkylation sites (tertiary alicyclic amines) is 1. The second kappa shape index (κ2) is 5.31. The van der Waals surface area contributed by atoms with Crippen LogP contribution in [0.15, 0.2) is 10.8 Å². The standard InChI is InChI=1S/C12H18N2O3/c1-9-11(17-8-13-9)12(16)14-6-4-2-3-5-10(14)7-15/h8,10,15H,2-7H2,1H3. The summed E-state index contributed by atoms with van der Waals surface area (Å²) in [6, 6.07) is -0.0884. The molecule has 1 N–H and O–H groups in total. The van der Waals surface area contributed by atoms with E-state index in [9.17, 15) is 9.90 Å². The molecule has 2 rings (SSSR count). The third-order valence-corrected chi connectivity index (χ3v) is 3.29. The lowest BCUT2D eigenvalue weighted by molar-refractivity contribution is 0.0567. The fourth-order valence-electron chi connectivity index (χ4n) is 2.27. The summed E-state index contributed by atoms with van der Waals surface area (Å²) in [7, 11) is 0. The van der Waals surface area contributed by atoms with E-state index in [0.29, 0.717) is 18.0 Å². The minimum Gasteiger partial charge on any atom is -0.438 e. The van der Waals surface area contributed by atoms with E-state index in [-0.39, 0.29) is 18.6 Å². The highest BCUT2D eigenvalue weighted by atomic mass is 16.3. The van der Waals surface area contributed by atoms with E-state index < -0.39 is 0 Å². The van der Waals surface area contributed by atoms with Crippen LogP contribution < -0.4 is 0 Å². The Morgan fingerprint density at radius 3 is 3.06 bits per heavy atom. The quantitative estimate of drug-likeness (QED) is 0.844. The highest BCUT2D eigenvalue weighted by molar-refractivity contribution is 5.92. The minimum absolute atomic E-state index is 0.0128. The predicted octanol–water partition coefficient (Wildman–Crippen LogP) is 1.36. The number of carbonyl (C=O) groups is 1. The summed E-state index contributed by atoms with van der Waals surface area (Å²) in [6.45, 7) is 2.45. The van der Waals surface area contributed by atoms with Gasteiger partial charge in [0.05, 0.1) is 18.3 Å². The third kappa shape index (κ3) is 2.49. The molecule has 1 aromatic rings. The molecule has 17 heavy (non-hydrogen) atoms. The Labute approximate surface area is 100 Å². The maximum Gasteiger partial charge on any atom is 0.291 e. The number of aliphatic hydroxyl groups excluding tert-OH is 1. The van der Waals surface area contributed by atoms with Crippen LogP contribution in [0.3, 0.4) is 0 Å². The van der Waals surface area contributed by atoms with Crippen LogP contribution in [0.4, 0.5) is 0 Å². The molecule has 1 aliphatic heterocycles. The van der Waals surface area contributed by atoms with Crippen LogP contribution in [0.2, 0.25) is 0 Å². The van der Waals surface area contributed by atoms with Gasteiger partial charge in [-0.15, -0.1) is 0 Å². The maximum atomic E-state index is 12.3. The van der Waals surface area contributed by atoms with Crippen LogP contribution in [-0.2, 0) is 0 Å². The van der Waals surface area contributed by atoms with Crippen molar-refractivity contribution in [3.8, 4) is 0 Å². The van der Waals surface area contributed by atoms with Crippen molar-refractivity contribution < 1.29 is 14.3 Å². The zero-order chi connectivity index (χ0) is 12.3. The average molecular weight is 238 g/mol. The summed E-state index contributed by atoms with van der Waals surface area (Å²) in [5, 5.41) is 9.36. The van der Waals surface area contributed by atoms with E-state index in [0.717, 1.165) is 25.7 Å². The molecule has 2 heterocycles. The minimum atomic E-state index is -0.152. The molecule has 5 heteroatoms. The van der Waals surface area contributed by atoms with Crippen LogP contribution in [0.5, 0.6) is 0 Å². The van der Waals surface area contributed by atoms with Gasteiger partial charge in [0.1, 0.15) is 0 Å². The summed E-state index contributed by atoms with van der Waals surface area (Å²) in [5.41, 5.74) is 0.607. The van der Waals surface area contributed by atoms with Crippen LogP contribution in [0.25, 0.3) is 0 Å². The molecule has 5 nitrogen and oxygen atoms in total. The molecule has 1 saturated heterocycles. The van der Waals surface area contributed by atoms with E-state index in [2.05, 4.69) is 4.98 Å². The molecule has 1 aliphatic rings. The Kier molecular flexibility index (Phi) is 3.78. The van der Waals surface area contributed by atoms with Gasteiger partial charge in [0.2, 0.25) is 5.76 Å². The first-order valence-electron chi connectivity index (χ1n) is 6.06. The fraction of sp³-hybridized carbons (Fsp3) is 0.667. The maximum absolute atomic E-state index is 12.3. The number of rotatable bonds is 2. The van der Waals surface area contributed by atoms with Crippen molar-refractivity contribution in [2.75, 3.05) is 13.2 Å². The van der Waals surface area contributed by atoms with Crippen molar-refractivity contribution >= 4 is 5.91 Å². The molecule has 0 radical (unpaired) electrons. The summed E-state index contributed by atoms with van der Waals surface area (Å²) < 4.78 is 5.13. The van der Waals surface area contributed by atoms with Gasteiger partial charge in [0.25, 0.3) is 5.91 Å². The molecule has 0 saturated carbocycles. The summed E-state index contributed by atoms with van der Waals surface area (Å²) in [5.74, 6) is 0.145. The Bertz CT molecular complexity index is 389. The number of oxazole rings is 1. The van der Waals surface area contributed by atoms with E-state index in [1.807, 2.05) is 0 Å². The normalized spacial score (nSPS) is 21.3. The Morgan fingerprint density at radius 2 is 2.41 bits per heavy atom. The van der Waals surface area contributed by atoms with E-state index in [4.69, 9.17) is 4.42 Å². The second-order valence-corrected chi connectivity index (χ2v) is 4.45. The van der Waals surface area contributed by atoms with Gasteiger partial charge in [-0.3, -0.25) is 4.79 Å². The van der Waals surface area contributed by atoms with Crippen LogP contribution in [0, 0.1) is 6.92 Å². The van der Waals surface area contributed by atoms with Crippen LogP contribution >= 0.6 is 0 Å². The Hall–Kier alpha value is -1.36. The number of nitrogens with zero attached hydrogens (tertiary/aromatic N) is 2. The SMILES string of the molecule is Cc1ncoc1C(=O)N1CCCCCC1CO. The van der Waals surface area contributed by atoms with Crippen molar-refractivity contribution in [1.29, 1.82) is 0 Å². The fourth-order valence-corrected chi connectivity index (χ4v) is 2.27. The molecule has 1 unspecified atom stereocenters. The largest absolute Gasteiger partial charge is 0.438 e. The summed E-state index contributed by atoms with van der Waals surface area (Å²) >= 11 is 0. The zero-order valence-electron chi connectivity index (χ0n) is 10.1. The van der Waals surface area contributed by atoms with Gasteiger partial charge in [-0.05, 0) is 19.8 Å². The third-order valence-electron chi connectivity index (χ3n) is 3.29. The lowest BCUT2D eigenvalue weighted by atomic mass is 10.1. The van der Waals surface area contributed by atoms with E-state index in [1.54, 1.807) is 11.8 Å². The van der Waals surface area contributed by atoms with Gasteiger partial charge in [0.15, 0.2) is 6.39 Å². The van der Waals surface area contributed by atoms with Crippen LogP contribution in [-0.4, -0.2) is 40.1 Å². The monoisotopic (exact) mass is 238 g/mol. The van der Waals surface area contributed by atoms with Gasteiger partial charge < -0.3 is 14.4 Å². The number of carbonyl (C=O) groups excluding carboxylic acids is 1. The predicted molar refractivity (Wildman–Crippen MR) is 61.6 cm³/mol. The number of aliphatic hydroxyl groups is 1. The van der Waals surface area contributed by atoms with Gasteiger partial charge >= 0.3 is 0 Å². The van der Waals surface area contributed by atoms with Gasteiger partial charge in [-0.1, -0.05) is 12.8 Å². The average Bonchev–Trinajstić information content (AvgIpc) is 2.64. The summed E-state index contributed by atoms with van der Waals surface area (Å²) in [4.78, 5) is 17.9. The van der Waals surface area contributed by atoms with Gasteiger partial charge in [-0.25, -0.2) is 4.98 Å². The topological polar surface area (TPSA) is 66.6 Å². The number of hydrogen-bond acceptors (Lipinski definition) is 4. The first-order valence-corrected chi connectivity index (χ1v) is 6.06. The molecule has 1 amide bonds. The summed E-state index contributed by atoms with van der Waals surface area (Å²) in [6.07, 6.45) is 5.29. The Morgan fingerprint density at radius 1 is 1.59 bits per heavy atom. The molecule has 1 aromatic heterocycles. The highest BCUT2D eigenvalue weighted by Crippen LogP contribution is 2.20. The van der Waals surface area contributed by atoms with Crippen molar-refractivity contribution in [1.82, 2.24) is 9.88 Å². The molecule has 94 valence electrons. The van der Waals surface area contributed by atoms with Crippen molar-refractivity contribution in [3.63, 3.8) is 0 Å². The molecule has 1 atom stereocenters. The molecule has 1 fully saturated rings. The molecular weight excluding hydrogens is 220 g/mol. The first-order chi connectivity index (χ1) is 8.24. The number of amides is 1. The van der Waals surface area contributed by atoms with E-state index >= 15 is 0 Å². The van der Waals surface area contributed by atoms with Gasteiger partial charge in [0, 0.05) is 6.54 Å². The Balaban J connectivity index is 2.18. The van der Waals surface area contributed by atoms with Crippen molar-refractivity contribution in [3.05, 3.63) is 17.8 Å². The lowest BCUT2D eigenvalue weighted by Crippen LogP contribution is -2.42.